The second-order valence-electron chi connectivity index (χ2n) is 10.4. The van der Waals surface area contributed by atoms with Crippen LogP contribution in [0.25, 0.3) is 6.08 Å². The van der Waals surface area contributed by atoms with E-state index in [0.717, 1.165) is 27.9 Å². The average molecular weight is 454 g/mol. The second kappa shape index (κ2) is 10.5. The summed E-state index contributed by atoms with van der Waals surface area (Å²) in [6.07, 6.45) is 5.60. The smallest absolute Gasteiger partial charge is 0.154 e. The van der Waals surface area contributed by atoms with Crippen LogP contribution in [0.2, 0.25) is 0 Å². The van der Waals surface area contributed by atoms with E-state index in [-0.39, 0.29) is 10.8 Å². The van der Waals surface area contributed by atoms with Crippen LogP contribution in [0.15, 0.2) is 89.0 Å². The Bertz CT molecular complexity index is 1140. The molecule has 3 rings (SSSR count). The number of nitrogens with one attached hydrogen (secondary N) is 1. The molecule has 0 aliphatic heterocycles. The number of amidine groups is 1. The summed E-state index contributed by atoms with van der Waals surface area (Å²) in [5.41, 5.74) is 7.23. The predicted octanol–water partition coefficient (Wildman–Crippen LogP) is 7.35. The largest absolute Gasteiger partial charge is 0.507 e. The van der Waals surface area contributed by atoms with Crippen LogP contribution in [0.4, 0.5) is 5.69 Å². The van der Waals surface area contributed by atoms with Crippen molar-refractivity contribution in [3.05, 3.63) is 101 Å². The molecule has 0 atom stereocenters. The monoisotopic (exact) mass is 453 g/mol. The molecule has 34 heavy (non-hydrogen) atoms. The molecule has 4 nitrogen and oxygen atoms in total. The Labute approximate surface area is 203 Å². The van der Waals surface area contributed by atoms with Crippen LogP contribution in [-0.4, -0.2) is 17.2 Å². The van der Waals surface area contributed by atoms with Crippen LogP contribution in [0.3, 0.4) is 0 Å². The molecule has 2 N–H and O–H groups in total. The van der Waals surface area contributed by atoms with E-state index < -0.39 is 0 Å². The molecule has 0 aromatic heterocycles. The lowest BCUT2D eigenvalue weighted by Gasteiger charge is -2.28. The standard InChI is InChI=1S/C30H35N3O/c1-29(2,3)25-20-23(21-26(27(25)34)30(4,5)6)28(32-24-17-11-8-12-18-24)33-31-19-13-16-22-14-9-7-10-15-22/h7-21,34H,1-6H3,(H,32,33)/b16-13+,31-19+. The normalized spacial score (nSPS) is 13.1. The second-order valence-corrected chi connectivity index (χ2v) is 10.4. The Morgan fingerprint density at radius 3 is 1.85 bits per heavy atom. The number of phenols is 1. The van der Waals surface area contributed by atoms with E-state index in [9.17, 15) is 5.11 Å². The molecule has 0 spiro atoms. The Hall–Kier alpha value is -3.66. The van der Waals surface area contributed by atoms with E-state index in [4.69, 9.17) is 4.99 Å². The zero-order chi connectivity index (χ0) is 24.8. The highest BCUT2D eigenvalue weighted by atomic mass is 16.3. The maximum atomic E-state index is 11.1. The summed E-state index contributed by atoms with van der Waals surface area (Å²) in [6.45, 7) is 12.6. The van der Waals surface area contributed by atoms with Crippen molar-refractivity contribution in [2.24, 2.45) is 10.1 Å². The molecule has 0 saturated carbocycles. The zero-order valence-corrected chi connectivity index (χ0v) is 21.0. The van der Waals surface area contributed by atoms with Crippen LogP contribution in [-0.2, 0) is 10.8 Å². The van der Waals surface area contributed by atoms with Gasteiger partial charge in [0.25, 0.3) is 0 Å². The predicted molar refractivity (Wildman–Crippen MR) is 145 cm³/mol. The van der Waals surface area contributed by atoms with Crippen molar-refractivity contribution in [2.45, 2.75) is 52.4 Å². The summed E-state index contributed by atoms with van der Waals surface area (Å²) in [5.74, 6) is 0.962. The van der Waals surface area contributed by atoms with Crippen molar-refractivity contribution in [3.63, 3.8) is 0 Å². The molecule has 176 valence electrons. The van der Waals surface area contributed by atoms with Gasteiger partial charge in [-0.05, 0) is 46.7 Å². The van der Waals surface area contributed by atoms with Gasteiger partial charge < -0.3 is 5.11 Å². The quantitative estimate of drug-likeness (QED) is 0.241. The van der Waals surface area contributed by atoms with Crippen LogP contribution in [0.1, 0.15) is 63.8 Å². The molecule has 0 saturated heterocycles. The highest BCUT2D eigenvalue weighted by Gasteiger charge is 2.27. The van der Waals surface area contributed by atoms with Gasteiger partial charge in [0, 0.05) is 22.9 Å². The number of benzene rings is 3. The van der Waals surface area contributed by atoms with Crippen LogP contribution in [0, 0.1) is 0 Å². The van der Waals surface area contributed by atoms with Crippen molar-refractivity contribution < 1.29 is 5.11 Å². The van der Waals surface area contributed by atoms with Gasteiger partial charge in [0.1, 0.15) is 5.75 Å². The fourth-order valence-corrected chi connectivity index (χ4v) is 3.56. The highest BCUT2D eigenvalue weighted by molar-refractivity contribution is 6.01. The number of aliphatic imine (C=N–C) groups is 1. The molecular formula is C30H35N3O. The van der Waals surface area contributed by atoms with Crippen molar-refractivity contribution >= 4 is 23.8 Å². The van der Waals surface area contributed by atoms with Gasteiger partial charge in [0.05, 0.1) is 5.69 Å². The lowest BCUT2D eigenvalue weighted by atomic mass is 9.78. The molecule has 3 aromatic carbocycles. The molecule has 0 amide bonds. The minimum absolute atomic E-state index is 0.236. The topological polar surface area (TPSA) is 57.0 Å². The van der Waals surface area contributed by atoms with Crippen molar-refractivity contribution in [2.75, 3.05) is 0 Å². The summed E-state index contributed by atoms with van der Waals surface area (Å²) in [6, 6.07) is 23.9. The van der Waals surface area contributed by atoms with Gasteiger partial charge in [-0.1, -0.05) is 96.1 Å². The Kier molecular flexibility index (Phi) is 7.72. The number of hydrogen-bond donors (Lipinski definition) is 2. The molecule has 0 heterocycles. The summed E-state index contributed by atoms with van der Waals surface area (Å²) >= 11 is 0. The van der Waals surface area contributed by atoms with Crippen LogP contribution < -0.4 is 5.43 Å². The minimum Gasteiger partial charge on any atom is -0.507 e. The van der Waals surface area contributed by atoms with E-state index in [1.54, 1.807) is 6.21 Å². The summed E-state index contributed by atoms with van der Waals surface area (Å²) in [7, 11) is 0. The number of phenolic OH excluding ortho intramolecular Hbond substituents is 1. The third kappa shape index (κ3) is 6.67. The van der Waals surface area contributed by atoms with Gasteiger partial charge in [-0.25, -0.2) is 4.99 Å². The molecule has 0 fully saturated rings. The number of nitrogens with zero attached hydrogens (tertiary/aromatic N) is 2. The Morgan fingerprint density at radius 1 is 0.794 bits per heavy atom. The number of rotatable bonds is 5. The van der Waals surface area contributed by atoms with Crippen LogP contribution >= 0.6 is 0 Å². The summed E-state index contributed by atoms with van der Waals surface area (Å²) < 4.78 is 0. The molecular weight excluding hydrogens is 418 g/mol. The average Bonchev–Trinajstić information content (AvgIpc) is 2.78. The number of aromatic hydroxyl groups is 1. The molecule has 0 aliphatic carbocycles. The van der Waals surface area contributed by atoms with E-state index in [2.05, 4.69) is 52.1 Å². The third-order valence-corrected chi connectivity index (χ3v) is 5.42. The van der Waals surface area contributed by atoms with Gasteiger partial charge in [-0.15, -0.1) is 0 Å². The lowest BCUT2D eigenvalue weighted by molar-refractivity contribution is 0.423. The van der Waals surface area contributed by atoms with Gasteiger partial charge in [0.15, 0.2) is 5.84 Å². The highest BCUT2D eigenvalue weighted by Crippen LogP contribution is 2.40. The van der Waals surface area contributed by atoms with E-state index in [1.165, 1.54) is 0 Å². The van der Waals surface area contributed by atoms with Crippen molar-refractivity contribution in [1.29, 1.82) is 0 Å². The van der Waals surface area contributed by atoms with Crippen LogP contribution in [0.5, 0.6) is 5.75 Å². The zero-order valence-electron chi connectivity index (χ0n) is 21.0. The first-order chi connectivity index (χ1) is 16.1. The van der Waals surface area contributed by atoms with E-state index >= 15 is 0 Å². The Balaban J connectivity index is 2.03. The molecule has 4 heteroatoms. The SMILES string of the molecule is CC(C)(C)c1cc(C(=Nc2ccccc2)N/N=C/C=C/c2ccccc2)cc(C(C)(C)C)c1O. The first-order valence-corrected chi connectivity index (χ1v) is 11.6. The van der Waals surface area contributed by atoms with Crippen molar-refractivity contribution in [3.8, 4) is 5.75 Å². The number of hydrazone groups is 1. The van der Waals surface area contributed by atoms with E-state index in [0.29, 0.717) is 11.6 Å². The van der Waals surface area contributed by atoms with E-state index in [1.807, 2.05) is 84.9 Å². The molecule has 0 unspecified atom stereocenters. The van der Waals surface area contributed by atoms with Gasteiger partial charge in [-0.3, -0.25) is 5.43 Å². The Morgan fingerprint density at radius 2 is 1.32 bits per heavy atom. The fraction of sp³-hybridized carbons (Fsp3) is 0.267. The number of hydrogen-bond acceptors (Lipinski definition) is 3. The first kappa shape index (κ1) is 25.0. The maximum absolute atomic E-state index is 11.1. The third-order valence-electron chi connectivity index (χ3n) is 5.42. The minimum atomic E-state index is -0.236. The molecule has 0 aliphatic rings. The summed E-state index contributed by atoms with van der Waals surface area (Å²) in [5, 5.41) is 15.5. The van der Waals surface area contributed by atoms with Gasteiger partial charge in [-0.2, -0.15) is 5.10 Å². The molecule has 0 radical (unpaired) electrons. The maximum Gasteiger partial charge on any atom is 0.154 e. The summed E-state index contributed by atoms with van der Waals surface area (Å²) in [4.78, 5) is 4.85. The molecule has 0 bridgehead atoms. The number of para-hydroxylation sites is 1. The van der Waals surface area contributed by atoms with Crippen molar-refractivity contribution in [1.82, 2.24) is 5.43 Å². The lowest BCUT2D eigenvalue weighted by Crippen LogP contribution is -2.23. The van der Waals surface area contributed by atoms with Gasteiger partial charge >= 0.3 is 0 Å². The molecule has 3 aromatic rings. The fourth-order valence-electron chi connectivity index (χ4n) is 3.56. The van der Waals surface area contributed by atoms with Gasteiger partial charge in [0.2, 0.25) is 0 Å². The number of allylic oxidation sites excluding steroid dienone is 1. The first-order valence-electron chi connectivity index (χ1n) is 11.6.